The SMILES string of the molecule is COC(=O)[C@H]1CCC[C@@H](N=[N+]=[N-])[C@@H]1O. The van der Waals surface area contributed by atoms with Crippen LogP contribution in [-0.2, 0) is 9.53 Å². The highest BCUT2D eigenvalue weighted by atomic mass is 16.5. The van der Waals surface area contributed by atoms with Crippen molar-refractivity contribution < 1.29 is 14.6 Å². The van der Waals surface area contributed by atoms with Crippen LogP contribution in [0.1, 0.15) is 19.3 Å². The van der Waals surface area contributed by atoms with Crippen LogP contribution in [0.4, 0.5) is 0 Å². The van der Waals surface area contributed by atoms with E-state index in [2.05, 4.69) is 14.8 Å². The average molecular weight is 199 g/mol. The fourth-order valence-electron chi connectivity index (χ4n) is 1.76. The zero-order valence-corrected chi connectivity index (χ0v) is 7.96. The first kappa shape index (κ1) is 10.8. The third-order valence-electron chi connectivity index (χ3n) is 2.53. The van der Waals surface area contributed by atoms with E-state index in [-0.39, 0.29) is 0 Å². The topological polar surface area (TPSA) is 95.3 Å². The number of carbonyl (C=O) groups excluding carboxylic acids is 1. The highest BCUT2D eigenvalue weighted by Crippen LogP contribution is 2.27. The molecular formula is C8H13N3O3. The maximum absolute atomic E-state index is 11.2. The Morgan fingerprint density at radius 1 is 1.64 bits per heavy atom. The minimum Gasteiger partial charge on any atom is -0.469 e. The molecule has 0 amide bonds. The predicted molar refractivity (Wildman–Crippen MR) is 48.3 cm³/mol. The summed E-state index contributed by atoms with van der Waals surface area (Å²) in [7, 11) is 1.28. The van der Waals surface area contributed by atoms with Crippen LogP contribution in [0.25, 0.3) is 10.4 Å². The van der Waals surface area contributed by atoms with Gasteiger partial charge in [-0.1, -0.05) is 11.5 Å². The summed E-state index contributed by atoms with van der Waals surface area (Å²) in [5.74, 6) is -0.986. The fourth-order valence-corrected chi connectivity index (χ4v) is 1.76. The van der Waals surface area contributed by atoms with Gasteiger partial charge in [0.2, 0.25) is 0 Å². The molecule has 0 aromatic rings. The second-order valence-electron chi connectivity index (χ2n) is 3.32. The van der Waals surface area contributed by atoms with E-state index in [9.17, 15) is 9.90 Å². The van der Waals surface area contributed by atoms with Crippen LogP contribution < -0.4 is 0 Å². The smallest absolute Gasteiger partial charge is 0.311 e. The van der Waals surface area contributed by atoms with Crippen LogP contribution in [-0.4, -0.2) is 30.3 Å². The lowest BCUT2D eigenvalue weighted by Gasteiger charge is -2.30. The molecule has 1 saturated carbocycles. The van der Waals surface area contributed by atoms with Gasteiger partial charge in [-0.05, 0) is 18.4 Å². The summed E-state index contributed by atoms with van der Waals surface area (Å²) in [6, 6.07) is -0.502. The normalized spacial score (nSPS) is 31.7. The van der Waals surface area contributed by atoms with Gasteiger partial charge in [-0.3, -0.25) is 4.79 Å². The Morgan fingerprint density at radius 3 is 2.93 bits per heavy atom. The molecule has 1 aliphatic carbocycles. The maximum atomic E-state index is 11.2. The Labute approximate surface area is 81.5 Å². The number of hydrogen-bond donors (Lipinski definition) is 1. The van der Waals surface area contributed by atoms with Crippen LogP contribution in [0.3, 0.4) is 0 Å². The molecule has 0 aromatic heterocycles. The minimum atomic E-state index is -0.910. The van der Waals surface area contributed by atoms with E-state index in [1.807, 2.05) is 0 Å². The molecule has 1 aliphatic rings. The van der Waals surface area contributed by atoms with Gasteiger partial charge in [-0.25, -0.2) is 0 Å². The van der Waals surface area contributed by atoms with Gasteiger partial charge in [0.25, 0.3) is 0 Å². The molecule has 6 nitrogen and oxygen atoms in total. The van der Waals surface area contributed by atoms with Gasteiger partial charge in [0, 0.05) is 4.91 Å². The molecule has 0 saturated heterocycles. The lowest BCUT2D eigenvalue weighted by molar-refractivity contribution is -0.151. The number of aliphatic hydroxyl groups excluding tert-OH is 1. The molecule has 1 rings (SSSR count). The van der Waals surface area contributed by atoms with E-state index in [1.54, 1.807) is 0 Å². The van der Waals surface area contributed by atoms with E-state index in [1.165, 1.54) is 7.11 Å². The highest BCUT2D eigenvalue weighted by Gasteiger charge is 2.36. The van der Waals surface area contributed by atoms with Crippen molar-refractivity contribution in [3.05, 3.63) is 10.4 Å². The average Bonchev–Trinajstić information content (AvgIpc) is 2.20. The highest BCUT2D eigenvalue weighted by molar-refractivity contribution is 5.73. The monoisotopic (exact) mass is 199 g/mol. The van der Waals surface area contributed by atoms with Crippen LogP contribution >= 0.6 is 0 Å². The van der Waals surface area contributed by atoms with Crippen molar-refractivity contribution in [2.45, 2.75) is 31.4 Å². The molecule has 0 radical (unpaired) electrons. The zero-order valence-electron chi connectivity index (χ0n) is 7.96. The Bertz CT molecular complexity index is 263. The Morgan fingerprint density at radius 2 is 2.36 bits per heavy atom. The summed E-state index contributed by atoms with van der Waals surface area (Å²) >= 11 is 0. The molecule has 14 heavy (non-hydrogen) atoms. The molecule has 1 fully saturated rings. The molecule has 0 heterocycles. The maximum Gasteiger partial charge on any atom is 0.311 e. The van der Waals surface area contributed by atoms with E-state index in [0.29, 0.717) is 12.8 Å². The summed E-state index contributed by atoms with van der Waals surface area (Å²) in [6.07, 6.45) is 1.07. The van der Waals surface area contributed by atoms with Gasteiger partial charge in [0.1, 0.15) is 0 Å². The second kappa shape index (κ2) is 4.83. The summed E-state index contributed by atoms with van der Waals surface area (Å²) < 4.78 is 4.55. The second-order valence-corrected chi connectivity index (χ2v) is 3.32. The van der Waals surface area contributed by atoms with E-state index < -0.39 is 24.0 Å². The number of esters is 1. The van der Waals surface area contributed by atoms with Gasteiger partial charge in [0.05, 0.1) is 25.2 Å². The first-order chi connectivity index (χ1) is 6.70. The summed E-state index contributed by atoms with van der Waals surface area (Å²) in [5, 5.41) is 13.1. The number of aliphatic hydroxyl groups is 1. The molecular weight excluding hydrogens is 186 g/mol. The Balaban J connectivity index is 2.70. The minimum absolute atomic E-state index is 0.435. The van der Waals surface area contributed by atoms with Crippen LogP contribution in [0.15, 0.2) is 5.11 Å². The van der Waals surface area contributed by atoms with Gasteiger partial charge >= 0.3 is 5.97 Å². The number of methoxy groups -OCH3 is 1. The third kappa shape index (κ3) is 2.16. The molecule has 3 atom stereocenters. The number of nitrogens with zero attached hydrogens (tertiary/aromatic N) is 3. The largest absolute Gasteiger partial charge is 0.469 e. The van der Waals surface area contributed by atoms with Crippen molar-refractivity contribution in [3.63, 3.8) is 0 Å². The Kier molecular flexibility index (Phi) is 3.73. The van der Waals surface area contributed by atoms with E-state index in [0.717, 1.165) is 6.42 Å². The van der Waals surface area contributed by atoms with E-state index in [4.69, 9.17) is 5.53 Å². The quantitative estimate of drug-likeness (QED) is 0.311. The van der Waals surface area contributed by atoms with Gasteiger partial charge in [-0.15, -0.1) is 0 Å². The van der Waals surface area contributed by atoms with Crippen molar-refractivity contribution in [2.75, 3.05) is 7.11 Å². The number of rotatable bonds is 2. The summed E-state index contributed by atoms with van der Waals surface area (Å²) in [4.78, 5) is 13.9. The lowest BCUT2D eigenvalue weighted by atomic mass is 9.83. The number of azide groups is 1. The van der Waals surface area contributed by atoms with Gasteiger partial charge < -0.3 is 9.84 Å². The van der Waals surface area contributed by atoms with Gasteiger partial charge in [-0.2, -0.15) is 0 Å². The van der Waals surface area contributed by atoms with Crippen LogP contribution in [0.2, 0.25) is 0 Å². The lowest BCUT2D eigenvalue weighted by Crippen LogP contribution is -2.40. The molecule has 1 N–H and O–H groups in total. The molecule has 0 spiro atoms. The third-order valence-corrected chi connectivity index (χ3v) is 2.53. The molecule has 0 aromatic carbocycles. The number of carbonyl (C=O) groups is 1. The van der Waals surface area contributed by atoms with Crippen molar-refractivity contribution >= 4 is 5.97 Å². The van der Waals surface area contributed by atoms with Crippen molar-refractivity contribution in [3.8, 4) is 0 Å². The fraction of sp³-hybridized carbons (Fsp3) is 0.875. The van der Waals surface area contributed by atoms with Crippen molar-refractivity contribution in [2.24, 2.45) is 11.0 Å². The molecule has 0 unspecified atom stereocenters. The predicted octanol–water partition coefficient (Wildman–Crippen LogP) is 0.999. The summed E-state index contributed by atoms with van der Waals surface area (Å²) in [5.41, 5.74) is 8.25. The van der Waals surface area contributed by atoms with Crippen molar-refractivity contribution in [1.29, 1.82) is 0 Å². The summed E-state index contributed by atoms with van der Waals surface area (Å²) in [6.45, 7) is 0. The number of hydrogen-bond acceptors (Lipinski definition) is 4. The zero-order chi connectivity index (χ0) is 10.6. The first-order valence-corrected chi connectivity index (χ1v) is 4.50. The molecule has 78 valence electrons. The van der Waals surface area contributed by atoms with Crippen molar-refractivity contribution in [1.82, 2.24) is 0 Å². The standard InChI is InChI=1S/C8H13N3O3/c1-14-8(13)5-3-2-4-6(7(5)12)10-11-9/h5-7,12H,2-4H2,1H3/t5-,6+,7+/m0/s1. The van der Waals surface area contributed by atoms with Gasteiger partial charge in [0.15, 0.2) is 0 Å². The number of ether oxygens (including phenoxy) is 1. The van der Waals surface area contributed by atoms with E-state index >= 15 is 0 Å². The Hall–Kier alpha value is -1.26. The molecule has 0 aliphatic heterocycles. The first-order valence-electron chi connectivity index (χ1n) is 4.50. The van der Waals surface area contributed by atoms with Crippen LogP contribution in [0, 0.1) is 5.92 Å². The molecule has 0 bridgehead atoms. The van der Waals surface area contributed by atoms with Crippen LogP contribution in [0.5, 0.6) is 0 Å². The molecule has 6 heteroatoms.